The number of hydrogen-bond donors (Lipinski definition) is 2. The van der Waals surface area contributed by atoms with Crippen molar-refractivity contribution in [1.82, 2.24) is 5.32 Å². The summed E-state index contributed by atoms with van der Waals surface area (Å²) in [5.74, 6) is 1.56. The molecule has 0 aliphatic carbocycles. The van der Waals surface area contributed by atoms with E-state index in [4.69, 9.17) is 21.1 Å². The Morgan fingerprint density at radius 1 is 1.28 bits per heavy atom. The van der Waals surface area contributed by atoms with Gasteiger partial charge in [-0.25, -0.2) is 0 Å². The Morgan fingerprint density at radius 3 is 2.83 bits per heavy atom. The predicted molar refractivity (Wildman–Crippen MR) is 75.6 cm³/mol. The van der Waals surface area contributed by atoms with Crippen LogP contribution in [0.15, 0.2) is 39.2 Å². The molecule has 2 rings (SSSR count). The number of halogens is 2. The Hall–Kier alpha value is -0.810. The van der Waals surface area contributed by atoms with Crippen LogP contribution in [0.4, 0.5) is 0 Å². The van der Waals surface area contributed by atoms with Gasteiger partial charge in [-0.2, -0.15) is 0 Å². The van der Waals surface area contributed by atoms with Crippen LogP contribution in [-0.2, 0) is 6.54 Å². The number of rotatable bonds is 5. The lowest BCUT2D eigenvalue weighted by Gasteiger charge is -2.02. The third-order valence-corrected chi connectivity index (χ3v) is 3.25. The van der Waals surface area contributed by atoms with E-state index in [1.165, 1.54) is 0 Å². The van der Waals surface area contributed by atoms with E-state index in [1.54, 1.807) is 0 Å². The number of aliphatic hydroxyl groups is 1. The molecule has 96 valence electrons. The Balaban J connectivity index is 2.13. The average molecular weight is 331 g/mol. The number of furan rings is 1. The molecular weight excluding hydrogens is 318 g/mol. The van der Waals surface area contributed by atoms with Gasteiger partial charge in [-0.05, 0) is 30.3 Å². The average Bonchev–Trinajstić information content (AvgIpc) is 2.78. The monoisotopic (exact) mass is 329 g/mol. The maximum Gasteiger partial charge on any atom is 0.135 e. The zero-order valence-corrected chi connectivity index (χ0v) is 12.0. The van der Waals surface area contributed by atoms with Crippen LogP contribution < -0.4 is 5.32 Å². The van der Waals surface area contributed by atoms with Gasteiger partial charge in [0.2, 0.25) is 0 Å². The van der Waals surface area contributed by atoms with Gasteiger partial charge in [0.25, 0.3) is 0 Å². The fourth-order valence-electron chi connectivity index (χ4n) is 1.60. The van der Waals surface area contributed by atoms with Gasteiger partial charge in [-0.15, -0.1) is 0 Å². The van der Waals surface area contributed by atoms with Crippen molar-refractivity contribution in [3.05, 3.63) is 45.6 Å². The largest absolute Gasteiger partial charge is 0.460 e. The zero-order chi connectivity index (χ0) is 13.0. The smallest absolute Gasteiger partial charge is 0.135 e. The number of nitrogens with one attached hydrogen (secondary N) is 1. The molecule has 0 amide bonds. The van der Waals surface area contributed by atoms with Gasteiger partial charge in [0.15, 0.2) is 0 Å². The topological polar surface area (TPSA) is 45.4 Å². The van der Waals surface area contributed by atoms with Crippen LogP contribution in [0.3, 0.4) is 0 Å². The molecule has 0 saturated carbocycles. The van der Waals surface area contributed by atoms with Crippen molar-refractivity contribution < 1.29 is 9.52 Å². The predicted octanol–water partition coefficient (Wildman–Crippen LogP) is 3.44. The molecule has 0 spiro atoms. The van der Waals surface area contributed by atoms with E-state index in [0.717, 1.165) is 21.6 Å². The highest BCUT2D eigenvalue weighted by atomic mass is 79.9. The van der Waals surface area contributed by atoms with Gasteiger partial charge in [-0.3, -0.25) is 0 Å². The molecule has 0 radical (unpaired) electrons. The quantitative estimate of drug-likeness (QED) is 0.826. The van der Waals surface area contributed by atoms with Crippen LogP contribution in [0.25, 0.3) is 11.3 Å². The SMILES string of the molecule is OCCNCc1ccc(-c2ccc(Br)cc2Cl)o1. The normalized spacial score (nSPS) is 10.8. The molecule has 2 aromatic rings. The fourth-order valence-corrected chi connectivity index (χ4v) is 2.36. The van der Waals surface area contributed by atoms with Gasteiger partial charge >= 0.3 is 0 Å². The molecule has 0 aliphatic heterocycles. The second-order valence-corrected chi connectivity index (χ2v) is 5.11. The van der Waals surface area contributed by atoms with Crippen molar-refractivity contribution in [1.29, 1.82) is 0 Å². The van der Waals surface area contributed by atoms with E-state index in [2.05, 4.69) is 21.2 Å². The molecule has 2 N–H and O–H groups in total. The van der Waals surface area contributed by atoms with Gasteiger partial charge in [0, 0.05) is 16.6 Å². The second kappa shape index (κ2) is 6.38. The summed E-state index contributed by atoms with van der Waals surface area (Å²) in [5.41, 5.74) is 0.869. The minimum absolute atomic E-state index is 0.117. The zero-order valence-electron chi connectivity index (χ0n) is 9.62. The summed E-state index contributed by atoms with van der Waals surface area (Å²) in [4.78, 5) is 0. The highest BCUT2D eigenvalue weighted by Crippen LogP contribution is 2.31. The van der Waals surface area contributed by atoms with E-state index < -0.39 is 0 Å². The van der Waals surface area contributed by atoms with Crippen molar-refractivity contribution in [2.45, 2.75) is 6.54 Å². The lowest BCUT2D eigenvalue weighted by atomic mass is 10.2. The standard InChI is InChI=1S/C13H13BrClNO2/c14-9-1-3-11(12(15)7-9)13-4-2-10(18-13)8-16-5-6-17/h1-4,7,16-17H,5-6,8H2. The van der Waals surface area contributed by atoms with Crippen molar-refractivity contribution in [3.8, 4) is 11.3 Å². The van der Waals surface area contributed by atoms with Crippen molar-refractivity contribution in [2.75, 3.05) is 13.2 Å². The molecule has 1 aromatic carbocycles. The second-order valence-electron chi connectivity index (χ2n) is 3.79. The summed E-state index contributed by atoms with van der Waals surface area (Å²) >= 11 is 9.53. The molecule has 0 aliphatic rings. The first kappa shape index (κ1) is 13.6. The minimum atomic E-state index is 0.117. The van der Waals surface area contributed by atoms with Crippen LogP contribution in [0.5, 0.6) is 0 Å². The summed E-state index contributed by atoms with van der Waals surface area (Å²) in [6.07, 6.45) is 0. The number of benzene rings is 1. The summed E-state index contributed by atoms with van der Waals surface area (Å²) in [6.45, 7) is 1.26. The first-order chi connectivity index (χ1) is 8.70. The first-order valence-electron chi connectivity index (χ1n) is 5.56. The Morgan fingerprint density at radius 2 is 2.11 bits per heavy atom. The van der Waals surface area contributed by atoms with Crippen molar-refractivity contribution in [3.63, 3.8) is 0 Å². The van der Waals surface area contributed by atoms with E-state index in [-0.39, 0.29) is 6.61 Å². The maximum absolute atomic E-state index is 8.67. The number of hydrogen-bond acceptors (Lipinski definition) is 3. The van der Waals surface area contributed by atoms with Crippen LogP contribution in [0.2, 0.25) is 5.02 Å². The molecule has 5 heteroatoms. The Labute approximate surface area is 119 Å². The molecular formula is C13H13BrClNO2. The highest BCUT2D eigenvalue weighted by molar-refractivity contribution is 9.10. The summed E-state index contributed by atoms with van der Waals surface area (Å²) < 4.78 is 6.63. The van der Waals surface area contributed by atoms with E-state index >= 15 is 0 Å². The molecule has 0 saturated heterocycles. The van der Waals surface area contributed by atoms with Crippen LogP contribution >= 0.6 is 27.5 Å². The molecule has 0 atom stereocenters. The molecule has 0 bridgehead atoms. The Bertz CT molecular complexity index is 527. The van der Waals surface area contributed by atoms with Crippen LogP contribution in [0.1, 0.15) is 5.76 Å². The van der Waals surface area contributed by atoms with Gasteiger partial charge in [0.05, 0.1) is 18.2 Å². The third-order valence-electron chi connectivity index (χ3n) is 2.45. The first-order valence-corrected chi connectivity index (χ1v) is 6.73. The summed E-state index contributed by atoms with van der Waals surface area (Å²) in [5, 5.41) is 12.4. The highest BCUT2D eigenvalue weighted by Gasteiger charge is 2.08. The third kappa shape index (κ3) is 3.36. The molecule has 1 aromatic heterocycles. The maximum atomic E-state index is 8.67. The fraction of sp³-hybridized carbons (Fsp3) is 0.231. The molecule has 1 heterocycles. The van der Waals surface area contributed by atoms with E-state index in [0.29, 0.717) is 18.1 Å². The van der Waals surface area contributed by atoms with E-state index in [9.17, 15) is 0 Å². The van der Waals surface area contributed by atoms with Gasteiger partial charge in [0.1, 0.15) is 11.5 Å². The number of aliphatic hydroxyl groups excluding tert-OH is 1. The molecule has 18 heavy (non-hydrogen) atoms. The van der Waals surface area contributed by atoms with Crippen LogP contribution in [0, 0.1) is 0 Å². The summed E-state index contributed by atoms with van der Waals surface area (Å²) in [7, 11) is 0. The van der Waals surface area contributed by atoms with Crippen molar-refractivity contribution >= 4 is 27.5 Å². The van der Waals surface area contributed by atoms with Gasteiger partial charge < -0.3 is 14.8 Å². The molecule has 3 nitrogen and oxygen atoms in total. The lowest BCUT2D eigenvalue weighted by Crippen LogP contribution is -2.16. The minimum Gasteiger partial charge on any atom is -0.460 e. The molecule has 0 fully saturated rings. The molecule has 0 unspecified atom stereocenters. The van der Waals surface area contributed by atoms with E-state index in [1.807, 2.05) is 30.3 Å². The van der Waals surface area contributed by atoms with Gasteiger partial charge in [-0.1, -0.05) is 27.5 Å². The van der Waals surface area contributed by atoms with Crippen LogP contribution in [-0.4, -0.2) is 18.3 Å². The Kier molecular flexibility index (Phi) is 4.83. The lowest BCUT2D eigenvalue weighted by molar-refractivity contribution is 0.290. The van der Waals surface area contributed by atoms with Crippen molar-refractivity contribution in [2.24, 2.45) is 0 Å². The summed E-state index contributed by atoms with van der Waals surface area (Å²) in [6, 6.07) is 9.47.